The Bertz CT molecular complexity index is 1160. The van der Waals surface area contributed by atoms with Gasteiger partial charge in [0, 0.05) is 5.69 Å². The number of nitrogens with zero attached hydrogens (tertiary/aromatic N) is 1. The van der Waals surface area contributed by atoms with Crippen LogP contribution in [0.3, 0.4) is 0 Å². The van der Waals surface area contributed by atoms with Crippen molar-refractivity contribution >= 4 is 23.3 Å². The van der Waals surface area contributed by atoms with E-state index in [2.05, 4.69) is 5.32 Å². The van der Waals surface area contributed by atoms with Gasteiger partial charge in [0.05, 0.1) is 12.3 Å². The number of para-hydroxylation sites is 2. The third-order valence-corrected chi connectivity index (χ3v) is 6.20. The van der Waals surface area contributed by atoms with E-state index in [0.717, 1.165) is 22.4 Å². The van der Waals surface area contributed by atoms with Crippen LogP contribution in [0.5, 0.6) is 0 Å². The van der Waals surface area contributed by atoms with Crippen molar-refractivity contribution in [3.8, 4) is 0 Å². The van der Waals surface area contributed by atoms with E-state index in [1.165, 1.54) is 0 Å². The lowest BCUT2D eigenvalue weighted by molar-refractivity contribution is -0.159. The van der Waals surface area contributed by atoms with Crippen LogP contribution < -0.4 is 10.4 Å². The predicted octanol–water partition coefficient (Wildman–Crippen LogP) is 4.31. The van der Waals surface area contributed by atoms with Gasteiger partial charge in [0.1, 0.15) is 11.5 Å². The number of aryl methyl sites for hydroxylation is 1. The summed E-state index contributed by atoms with van der Waals surface area (Å²) < 4.78 is 5.39. The first-order valence-corrected chi connectivity index (χ1v) is 10.7. The minimum Gasteiger partial charge on any atom is -0.464 e. The SMILES string of the molecule is CCOC(=O)[C@@H]1ON(c2ccccc2)[C@H](c2ccc(C)cc2)C12C(=O)Nc1ccccc12. The molecule has 162 valence electrons. The van der Waals surface area contributed by atoms with Gasteiger partial charge in [0.25, 0.3) is 0 Å². The molecule has 0 aliphatic carbocycles. The average molecular weight is 428 g/mol. The topological polar surface area (TPSA) is 67.9 Å². The van der Waals surface area contributed by atoms with Crippen LogP contribution in [0.25, 0.3) is 0 Å². The van der Waals surface area contributed by atoms with E-state index in [0.29, 0.717) is 5.69 Å². The molecule has 0 radical (unpaired) electrons. The summed E-state index contributed by atoms with van der Waals surface area (Å²) in [6, 6.07) is 24.4. The molecule has 0 bridgehead atoms. The van der Waals surface area contributed by atoms with Gasteiger partial charge >= 0.3 is 5.97 Å². The first kappa shape index (κ1) is 20.3. The van der Waals surface area contributed by atoms with Crippen molar-refractivity contribution in [2.45, 2.75) is 31.4 Å². The van der Waals surface area contributed by atoms with E-state index >= 15 is 0 Å². The maximum Gasteiger partial charge on any atom is 0.339 e. The molecule has 1 amide bonds. The molecule has 1 saturated heterocycles. The highest BCUT2D eigenvalue weighted by Gasteiger charge is 2.68. The highest BCUT2D eigenvalue weighted by atomic mass is 16.7. The minimum atomic E-state index is -1.31. The van der Waals surface area contributed by atoms with Gasteiger partial charge in [-0.2, -0.15) is 0 Å². The normalized spacial score (nSPS) is 23.8. The highest BCUT2D eigenvalue weighted by molar-refractivity contribution is 6.11. The zero-order valence-corrected chi connectivity index (χ0v) is 17.9. The molecule has 2 aliphatic rings. The van der Waals surface area contributed by atoms with Gasteiger partial charge in [-0.25, -0.2) is 9.86 Å². The Balaban J connectivity index is 1.79. The summed E-state index contributed by atoms with van der Waals surface area (Å²) in [5.74, 6) is -0.837. The molecule has 3 aromatic carbocycles. The van der Waals surface area contributed by atoms with E-state index < -0.39 is 23.5 Å². The molecule has 1 spiro atoms. The molecule has 3 atom stereocenters. The van der Waals surface area contributed by atoms with E-state index in [-0.39, 0.29) is 12.5 Å². The Kier molecular flexibility index (Phi) is 4.94. The Morgan fingerprint density at radius 2 is 1.72 bits per heavy atom. The Hall–Kier alpha value is -3.64. The number of anilines is 2. The first-order chi connectivity index (χ1) is 15.6. The Morgan fingerprint density at radius 3 is 2.44 bits per heavy atom. The fourth-order valence-corrected chi connectivity index (χ4v) is 4.80. The number of amides is 1. The number of esters is 1. The van der Waals surface area contributed by atoms with Crippen molar-refractivity contribution in [3.63, 3.8) is 0 Å². The zero-order chi connectivity index (χ0) is 22.3. The molecule has 5 rings (SSSR count). The lowest BCUT2D eigenvalue weighted by atomic mass is 9.69. The molecule has 6 nitrogen and oxygen atoms in total. The number of carbonyl (C=O) groups excluding carboxylic acids is 2. The number of nitrogens with one attached hydrogen (secondary N) is 1. The lowest BCUT2D eigenvalue weighted by Crippen LogP contribution is -2.50. The fourth-order valence-electron chi connectivity index (χ4n) is 4.80. The molecule has 1 N–H and O–H groups in total. The van der Waals surface area contributed by atoms with Gasteiger partial charge in [-0.05, 0) is 43.2 Å². The molecular formula is C26H24N2O4. The average Bonchev–Trinajstić information content (AvgIpc) is 3.32. The third-order valence-electron chi connectivity index (χ3n) is 6.20. The summed E-state index contributed by atoms with van der Waals surface area (Å²) in [6.45, 7) is 3.95. The first-order valence-electron chi connectivity index (χ1n) is 10.7. The van der Waals surface area contributed by atoms with Crippen LogP contribution in [0.2, 0.25) is 0 Å². The number of ether oxygens (including phenoxy) is 1. The largest absolute Gasteiger partial charge is 0.464 e. The standard InChI is InChI=1S/C26H24N2O4/c1-3-31-24(29)23-26(20-11-7-8-12-21(20)27-25(26)30)22(18-15-13-17(2)14-16-18)28(32-23)19-9-5-4-6-10-19/h4-16,22-23H,3H2,1-2H3,(H,27,30)/t22-,23+,26?/m1/s1. The Morgan fingerprint density at radius 1 is 1.03 bits per heavy atom. The van der Waals surface area contributed by atoms with Gasteiger partial charge in [0.2, 0.25) is 12.0 Å². The van der Waals surface area contributed by atoms with Gasteiger partial charge in [-0.15, -0.1) is 0 Å². The van der Waals surface area contributed by atoms with Gasteiger partial charge in [0.15, 0.2) is 0 Å². The molecular weight excluding hydrogens is 404 g/mol. The summed E-state index contributed by atoms with van der Waals surface area (Å²) in [6.07, 6.45) is -1.14. The fraction of sp³-hybridized carbons (Fsp3) is 0.231. The van der Waals surface area contributed by atoms with E-state index in [1.807, 2.05) is 85.8 Å². The third kappa shape index (κ3) is 2.91. The molecule has 0 saturated carbocycles. The van der Waals surface area contributed by atoms with Crippen LogP contribution >= 0.6 is 0 Å². The Labute approximate surface area is 186 Å². The number of hydroxylamine groups is 1. The quantitative estimate of drug-likeness (QED) is 0.628. The van der Waals surface area contributed by atoms with Crippen LogP contribution in [0.15, 0.2) is 78.9 Å². The minimum absolute atomic E-state index is 0.193. The molecule has 6 heteroatoms. The zero-order valence-electron chi connectivity index (χ0n) is 17.9. The second-order valence-corrected chi connectivity index (χ2v) is 8.08. The van der Waals surface area contributed by atoms with Gasteiger partial charge in [-0.3, -0.25) is 9.63 Å². The summed E-state index contributed by atoms with van der Waals surface area (Å²) >= 11 is 0. The molecule has 0 aromatic heterocycles. The maximum atomic E-state index is 13.8. The maximum absolute atomic E-state index is 13.8. The van der Waals surface area contributed by atoms with Gasteiger partial charge < -0.3 is 10.1 Å². The number of benzene rings is 3. The second-order valence-electron chi connectivity index (χ2n) is 8.08. The summed E-state index contributed by atoms with van der Waals surface area (Å²) in [5.41, 5.74) is 2.83. The van der Waals surface area contributed by atoms with Crippen LogP contribution in [-0.4, -0.2) is 24.6 Å². The number of fused-ring (bicyclic) bond motifs is 2. The van der Waals surface area contributed by atoms with Crippen molar-refractivity contribution in [2.75, 3.05) is 17.0 Å². The van der Waals surface area contributed by atoms with Crippen LogP contribution in [0.1, 0.15) is 29.7 Å². The highest BCUT2D eigenvalue weighted by Crippen LogP contribution is 2.57. The van der Waals surface area contributed by atoms with Crippen molar-refractivity contribution in [2.24, 2.45) is 0 Å². The van der Waals surface area contributed by atoms with E-state index in [9.17, 15) is 9.59 Å². The molecule has 3 aromatic rings. The van der Waals surface area contributed by atoms with Crippen molar-refractivity contribution in [3.05, 3.63) is 95.6 Å². The van der Waals surface area contributed by atoms with Crippen LogP contribution in [-0.2, 0) is 24.6 Å². The summed E-state index contributed by atoms with van der Waals surface area (Å²) in [7, 11) is 0. The molecule has 2 aliphatic heterocycles. The molecule has 32 heavy (non-hydrogen) atoms. The molecule has 2 heterocycles. The molecule has 1 fully saturated rings. The summed E-state index contributed by atoms with van der Waals surface area (Å²) in [4.78, 5) is 33.3. The van der Waals surface area contributed by atoms with E-state index in [1.54, 1.807) is 12.0 Å². The predicted molar refractivity (Wildman–Crippen MR) is 121 cm³/mol. The summed E-state index contributed by atoms with van der Waals surface area (Å²) in [5, 5.41) is 4.68. The number of hydrogen-bond donors (Lipinski definition) is 1. The van der Waals surface area contributed by atoms with Crippen molar-refractivity contribution in [1.82, 2.24) is 0 Å². The lowest BCUT2D eigenvalue weighted by Gasteiger charge is -2.33. The van der Waals surface area contributed by atoms with Crippen LogP contribution in [0, 0.1) is 6.92 Å². The monoisotopic (exact) mass is 428 g/mol. The van der Waals surface area contributed by atoms with Crippen molar-refractivity contribution in [1.29, 1.82) is 0 Å². The second kappa shape index (κ2) is 7.80. The molecule has 1 unspecified atom stereocenters. The van der Waals surface area contributed by atoms with Crippen LogP contribution in [0.4, 0.5) is 11.4 Å². The van der Waals surface area contributed by atoms with E-state index in [4.69, 9.17) is 9.57 Å². The van der Waals surface area contributed by atoms with Crippen molar-refractivity contribution < 1.29 is 19.2 Å². The number of carbonyl (C=O) groups is 2. The number of hydrogen-bond acceptors (Lipinski definition) is 5. The smallest absolute Gasteiger partial charge is 0.339 e. The number of rotatable bonds is 4. The van der Waals surface area contributed by atoms with Gasteiger partial charge in [-0.1, -0.05) is 66.2 Å².